The zero-order chi connectivity index (χ0) is 18.1. The van der Waals surface area contributed by atoms with Crippen LogP contribution in [-0.2, 0) is 9.59 Å². The molecule has 25 heavy (non-hydrogen) atoms. The van der Waals surface area contributed by atoms with Gasteiger partial charge in [0.1, 0.15) is 12.2 Å². The van der Waals surface area contributed by atoms with Crippen molar-refractivity contribution >= 4 is 29.7 Å². The Labute approximate surface area is 145 Å². The van der Waals surface area contributed by atoms with Crippen LogP contribution in [0.5, 0.6) is 0 Å². The monoisotopic (exact) mass is 343 g/mol. The Morgan fingerprint density at radius 1 is 1.20 bits per heavy atom. The van der Waals surface area contributed by atoms with Gasteiger partial charge >= 0.3 is 12.0 Å². The molecule has 1 aromatic carbocycles. The van der Waals surface area contributed by atoms with E-state index in [0.717, 1.165) is 29.8 Å². The average molecular weight is 343 g/mol. The molecule has 0 aromatic heterocycles. The number of rotatable bonds is 4. The fourth-order valence-electron chi connectivity index (χ4n) is 3.28. The second-order valence-corrected chi connectivity index (χ2v) is 6.46. The van der Waals surface area contributed by atoms with E-state index >= 15 is 0 Å². The van der Waals surface area contributed by atoms with Crippen LogP contribution in [0.15, 0.2) is 17.8 Å². The summed E-state index contributed by atoms with van der Waals surface area (Å²) < 4.78 is 0. The minimum atomic E-state index is -1.23. The highest BCUT2D eigenvalue weighted by molar-refractivity contribution is 6.15. The highest BCUT2D eigenvalue weighted by Crippen LogP contribution is 2.28. The van der Waals surface area contributed by atoms with Crippen molar-refractivity contribution < 1.29 is 19.5 Å². The van der Waals surface area contributed by atoms with E-state index in [2.05, 4.69) is 16.3 Å². The smallest absolute Gasteiger partial charge is 0.329 e. The van der Waals surface area contributed by atoms with E-state index in [0.29, 0.717) is 4.90 Å². The van der Waals surface area contributed by atoms with Crippen LogP contribution in [-0.4, -0.2) is 47.5 Å². The Morgan fingerprint density at radius 2 is 1.88 bits per heavy atom. The predicted molar refractivity (Wildman–Crippen MR) is 93.2 cm³/mol. The number of benzene rings is 1. The minimum absolute atomic E-state index is 0.0997. The Balaban J connectivity index is 1.88. The van der Waals surface area contributed by atoms with Gasteiger partial charge in [-0.2, -0.15) is 0 Å². The molecule has 0 atom stereocenters. The lowest BCUT2D eigenvalue weighted by molar-refractivity contribution is -0.140. The molecule has 2 aliphatic rings. The van der Waals surface area contributed by atoms with Crippen LogP contribution < -0.4 is 10.2 Å². The van der Waals surface area contributed by atoms with Crippen molar-refractivity contribution in [3.8, 4) is 0 Å². The number of amides is 3. The third-order valence-corrected chi connectivity index (χ3v) is 4.59. The minimum Gasteiger partial charge on any atom is -0.480 e. The van der Waals surface area contributed by atoms with Gasteiger partial charge in [-0.3, -0.25) is 9.59 Å². The number of aryl methyl sites for hydroxylation is 2. The maximum absolute atomic E-state index is 12.2. The maximum atomic E-state index is 12.2. The largest absolute Gasteiger partial charge is 0.480 e. The molecule has 2 N–H and O–H groups in total. The number of carboxylic acid groups (broad SMARTS) is 1. The topological polar surface area (TPSA) is 90.0 Å². The number of aliphatic carboxylic acids is 1. The zero-order valence-electron chi connectivity index (χ0n) is 14.3. The fraction of sp³-hybridized carbons (Fsp3) is 0.389. The summed E-state index contributed by atoms with van der Waals surface area (Å²) in [5.74, 6) is -1.85. The third-order valence-electron chi connectivity index (χ3n) is 4.59. The van der Waals surface area contributed by atoms with E-state index < -0.39 is 24.5 Å². The number of imide groups is 1. The highest BCUT2D eigenvalue weighted by atomic mass is 16.4. The van der Waals surface area contributed by atoms with Crippen molar-refractivity contribution in [3.05, 3.63) is 34.5 Å². The highest BCUT2D eigenvalue weighted by Gasteiger charge is 2.35. The van der Waals surface area contributed by atoms with Crippen molar-refractivity contribution in [3.63, 3.8) is 0 Å². The van der Waals surface area contributed by atoms with Crippen LogP contribution in [0, 0.1) is 13.8 Å². The summed E-state index contributed by atoms with van der Waals surface area (Å²) in [4.78, 5) is 37.8. The van der Waals surface area contributed by atoms with Gasteiger partial charge in [-0.1, -0.05) is 0 Å². The predicted octanol–water partition coefficient (Wildman–Crippen LogP) is 1.88. The van der Waals surface area contributed by atoms with Crippen molar-refractivity contribution in [2.75, 3.05) is 24.5 Å². The Hall–Kier alpha value is -2.83. The average Bonchev–Trinajstić information content (AvgIpc) is 3.15. The molecule has 7 heteroatoms. The van der Waals surface area contributed by atoms with E-state index in [-0.39, 0.29) is 5.70 Å². The van der Waals surface area contributed by atoms with Crippen molar-refractivity contribution in [2.45, 2.75) is 26.7 Å². The molecule has 2 aliphatic heterocycles. The molecule has 0 unspecified atom stereocenters. The number of anilines is 1. The first-order valence-corrected chi connectivity index (χ1v) is 8.29. The summed E-state index contributed by atoms with van der Waals surface area (Å²) in [6.45, 7) is 5.45. The third kappa shape index (κ3) is 3.35. The molecule has 0 aliphatic carbocycles. The van der Waals surface area contributed by atoms with Crippen LogP contribution in [0.4, 0.5) is 10.5 Å². The summed E-state index contributed by atoms with van der Waals surface area (Å²) in [5.41, 5.74) is 4.24. The van der Waals surface area contributed by atoms with E-state index in [9.17, 15) is 14.4 Å². The molecule has 2 fully saturated rings. The molecule has 0 spiro atoms. The molecule has 0 bridgehead atoms. The number of carbonyl (C=O) groups is 3. The number of hydrogen-bond acceptors (Lipinski definition) is 4. The number of nitrogens with zero attached hydrogens (tertiary/aromatic N) is 2. The molecule has 0 saturated carbocycles. The second kappa shape index (κ2) is 6.58. The summed E-state index contributed by atoms with van der Waals surface area (Å²) in [6.07, 6.45) is 4.01. The van der Waals surface area contributed by atoms with E-state index in [1.807, 2.05) is 19.9 Å². The number of carbonyl (C=O) groups excluding carboxylic acids is 2. The zero-order valence-corrected chi connectivity index (χ0v) is 14.3. The lowest BCUT2D eigenvalue weighted by Gasteiger charge is -2.21. The van der Waals surface area contributed by atoms with Gasteiger partial charge in [0.25, 0.3) is 5.91 Å². The molecule has 132 valence electrons. The number of carboxylic acids is 1. The van der Waals surface area contributed by atoms with Gasteiger partial charge in [0.2, 0.25) is 0 Å². The van der Waals surface area contributed by atoms with Crippen molar-refractivity contribution in [1.82, 2.24) is 10.2 Å². The molecular formula is C18H21N3O4. The first-order valence-electron chi connectivity index (χ1n) is 8.29. The molecular weight excluding hydrogens is 322 g/mol. The molecule has 0 radical (unpaired) electrons. The molecule has 3 rings (SSSR count). The SMILES string of the molecule is Cc1cc(N2CCCC2)c(C)cc1/C=C1/NC(=O)N(CC(=O)O)C1=O. The van der Waals surface area contributed by atoms with Crippen LogP contribution in [0.25, 0.3) is 6.08 Å². The Morgan fingerprint density at radius 3 is 2.52 bits per heavy atom. The van der Waals surface area contributed by atoms with Gasteiger partial charge in [-0.25, -0.2) is 9.69 Å². The second-order valence-electron chi connectivity index (χ2n) is 6.46. The number of urea groups is 1. The quantitative estimate of drug-likeness (QED) is 0.643. The summed E-state index contributed by atoms with van der Waals surface area (Å²) >= 11 is 0. The standard InChI is InChI=1S/C18H21N3O4/c1-11-8-15(20-5-3-4-6-20)12(2)7-13(11)9-14-17(24)21(10-16(22)23)18(25)19-14/h7-9H,3-6,10H2,1-2H3,(H,19,25)(H,22,23)/b14-9+. The van der Waals surface area contributed by atoms with E-state index in [1.165, 1.54) is 18.5 Å². The molecule has 2 heterocycles. The van der Waals surface area contributed by atoms with Crippen molar-refractivity contribution in [2.24, 2.45) is 0 Å². The molecule has 3 amide bonds. The Bertz CT molecular complexity index is 779. The van der Waals surface area contributed by atoms with Gasteiger partial charge in [0.05, 0.1) is 0 Å². The van der Waals surface area contributed by atoms with Gasteiger partial charge in [-0.15, -0.1) is 0 Å². The van der Waals surface area contributed by atoms with Gasteiger partial charge in [0.15, 0.2) is 0 Å². The summed E-state index contributed by atoms with van der Waals surface area (Å²) in [7, 11) is 0. The van der Waals surface area contributed by atoms with Gasteiger partial charge in [-0.05, 0) is 61.6 Å². The summed E-state index contributed by atoms with van der Waals surface area (Å²) in [6, 6.07) is 3.39. The molecule has 1 aromatic rings. The first kappa shape index (κ1) is 17.0. The van der Waals surface area contributed by atoms with Crippen LogP contribution >= 0.6 is 0 Å². The fourth-order valence-corrected chi connectivity index (χ4v) is 3.28. The Kier molecular flexibility index (Phi) is 4.48. The summed E-state index contributed by atoms with van der Waals surface area (Å²) in [5, 5.41) is 11.3. The van der Waals surface area contributed by atoms with Crippen LogP contribution in [0.3, 0.4) is 0 Å². The number of nitrogens with one attached hydrogen (secondary N) is 1. The molecule has 7 nitrogen and oxygen atoms in total. The first-order chi connectivity index (χ1) is 11.9. The lowest BCUT2D eigenvalue weighted by atomic mass is 10.0. The van der Waals surface area contributed by atoms with E-state index in [4.69, 9.17) is 5.11 Å². The lowest BCUT2D eigenvalue weighted by Crippen LogP contribution is -2.35. The van der Waals surface area contributed by atoms with E-state index in [1.54, 1.807) is 6.08 Å². The number of hydrogen-bond donors (Lipinski definition) is 2. The maximum Gasteiger partial charge on any atom is 0.329 e. The van der Waals surface area contributed by atoms with Crippen molar-refractivity contribution in [1.29, 1.82) is 0 Å². The van der Waals surface area contributed by atoms with Gasteiger partial charge in [0, 0.05) is 18.8 Å². The normalized spacial score (nSPS) is 19.0. The van der Waals surface area contributed by atoms with Crippen LogP contribution in [0.2, 0.25) is 0 Å². The molecule has 2 saturated heterocycles. The van der Waals surface area contributed by atoms with Gasteiger partial charge < -0.3 is 15.3 Å². The van der Waals surface area contributed by atoms with Crippen LogP contribution in [0.1, 0.15) is 29.5 Å².